The predicted molar refractivity (Wildman–Crippen MR) is 76.0 cm³/mol. The summed E-state index contributed by atoms with van der Waals surface area (Å²) >= 11 is 3.31. The lowest BCUT2D eigenvalue weighted by Gasteiger charge is -2.11. The van der Waals surface area contributed by atoms with Gasteiger partial charge in [-0.1, -0.05) is 40.2 Å². The molecule has 2 rings (SSSR count). The SMILES string of the molecule is Cc1cccc(-c2ccc(Br)cc2C(=O)O)c1C. The van der Waals surface area contributed by atoms with Crippen molar-refractivity contribution in [1.82, 2.24) is 0 Å². The third-order valence-corrected chi connectivity index (χ3v) is 3.60. The molecule has 0 atom stereocenters. The number of hydrogen-bond donors (Lipinski definition) is 1. The van der Waals surface area contributed by atoms with Crippen LogP contribution in [0.4, 0.5) is 0 Å². The Bertz CT molecular complexity index is 618. The lowest BCUT2D eigenvalue weighted by Crippen LogP contribution is -2.00. The highest BCUT2D eigenvalue weighted by Crippen LogP contribution is 2.30. The van der Waals surface area contributed by atoms with Crippen LogP contribution in [0, 0.1) is 13.8 Å². The summed E-state index contributed by atoms with van der Waals surface area (Å²) in [7, 11) is 0. The first-order valence-electron chi connectivity index (χ1n) is 5.60. The molecule has 0 fully saturated rings. The zero-order valence-corrected chi connectivity index (χ0v) is 11.8. The highest BCUT2D eigenvalue weighted by Gasteiger charge is 2.14. The van der Waals surface area contributed by atoms with Gasteiger partial charge in [-0.15, -0.1) is 0 Å². The van der Waals surface area contributed by atoms with Gasteiger partial charge in [0.05, 0.1) is 5.56 Å². The Hall–Kier alpha value is -1.61. The van der Waals surface area contributed by atoms with E-state index in [1.54, 1.807) is 6.07 Å². The van der Waals surface area contributed by atoms with Crippen molar-refractivity contribution in [1.29, 1.82) is 0 Å². The fourth-order valence-corrected chi connectivity index (χ4v) is 2.33. The molecule has 0 aliphatic carbocycles. The van der Waals surface area contributed by atoms with Gasteiger partial charge >= 0.3 is 5.97 Å². The van der Waals surface area contributed by atoms with Crippen LogP contribution in [0.3, 0.4) is 0 Å². The third-order valence-electron chi connectivity index (χ3n) is 3.11. The number of halogens is 1. The van der Waals surface area contributed by atoms with E-state index in [9.17, 15) is 9.90 Å². The Balaban J connectivity index is 2.71. The molecule has 0 aliphatic heterocycles. The summed E-state index contributed by atoms with van der Waals surface area (Å²) in [6, 6.07) is 11.3. The van der Waals surface area contributed by atoms with Gasteiger partial charge in [-0.3, -0.25) is 0 Å². The van der Waals surface area contributed by atoms with Crippen LogP contribution < -0.4 is 0 Å². The summed E-state index contributed by atoms with van der Waals surface area (Å²) in [4.78, 5) is 11.3. The second-order valence-corrected chi connectivity index (χ2v) is 5.16. The molecule has 0 heterocycles. The minimum Gasteiger partial charge on any atom is -0.478 e. The topological polar surface area (TPSA) is 37.3 Å². The van der Waals surface area contributed by atoms with Crippen LogP contribution in [0.5, 0.6) is 0 Å². The molecule has 0 aromatic heterocycles. The maximum Gasteiger partial charge on any atom is 0.336 e. The number of hydrogen-bond acceptors (Lipinski definition) is 1. The number of carboxylic acids is 1. The van der Waals surface area contributed by atoms with Gasteiger partial charge in [-0.05, 0) is 48.2 Å². The van der Waals surface area contributed by atoms with Crippen molar-refractivity contribution in [3.63, 3.8) is 0 Å². The van der Waals surface area contributed by atoms with Crippen molar-refractivity contribution >= 4 is 21.9 Å². The zero-order chi connectivity index (χ0) is 13.3. The largest absolute Gasteiger partial charge is 0.478 e. The van der Waals surface area contributed by atoms with Crippen molar-refractivity contribution in [2.45, 2.75) is 13.8 Å². The lowest BCUT2D eigenvalue weighted by atomic mass is 9.94. The normalized spacial score (nSPS) is 10.4. The Morgan fingerprint density at radius 3 is 2.50 bits per heavy atom. The summed E-state index contributed by atoms with van der Waals surface area (Å²) in [5, 5.41) is 9.29. The number of aromatic carboxylic acids is 1. The highest BCUT2D eigenvalue weighted by atomic mass is 79.9. The van der Waals surface area contributed by atoms with Crippen molar-refractivity contribution in [3.05, 3.63) is 57.6 Å². The van der Waals surface area contributed by atoms with E-state index in [-0.39, 0.29) is 0 Å². The maximum absolute atomic E-state index is 11.3. The number of aryl methyl sites for hydroxylation is 1. The van der Waals surface area contributed by atoms with E-state index in [1.165, 1.54) is 0 Å². The van der Waals surface area contributed by atoms with Gasteiger partial charge in [-0.25, -0.2) is 4.79 Å². The van der Waals surface area contributed by atoms with Crippen molar-refractivity contribution < 1.29 is 9.90 Å². The highest BCUT2D eigenvalue weighted by molar-refractivity contribution is 9.10. The molecule has 0 saturated heterocycles. The van der Waals surface area contributed by atoms with E-state index in [4.69, 9.17) is 0 Å². The molecule has 92 valence electrons. The summed E-state index contributed by atoms with van der Waals surface area (Å²) in [5.74, 6) is -0.910. The van der Waals surface area contributed by atoms with Crippen molar-refractivity contribution in [3.8, 4) is 11.1 Å². The van der Waals surface area contributed by atoms with E-state index in [1.807, 2.05) is 44.2 Å². The number of carboxylic acid groups (broad SMARTS) is 1. The smallest absolute Gasteiger partial charge is 0.336 e. The predicted octanol–water partition coefficient (Wildman–Crippen LogP) is 4.43. The van der Waals surface area contributed by atoms with Crippen LogP contribution in [-0.2, 0) is 0 Å². The molecule has 3 heteroatoms. The summed E-state index contributed by atoms with van der Waals surface area (Å²) in [6.45, 7) is 4.04. The minimum absolute atomic E-state index is 0.318. The van der Waals surface area contributed by atoms with Crippen LogP contribution in [0.15, 0.2) is 40.9 Å². The van der Waals surface area contributed by atoms with Gasteiger partial charge in [0.15, 0.2) is 0 Å². The minimum atomic E-state index is -0.910. The van der Waals surface area contributed by atoms with Crippen LogP contribution in [0.25, 0.3) is 11.1 Å². The van der Waals surface area contributed by atoms with E-state index in [0.29, 0.717) is 5.56 Å². The van der Waals surface area contributed by atoms with E-state index < -0.39 is 5.97 Å². The first kappa shape index (κ1) is 12.8. The summed E-state index contributed by atoms with van der Waals surface area (Å²) < 4.78 is 0.772. The molecule has 1 N–H and O–H groups in total. The second-order valence-electron chi connectivity index (χ2n) is 4.24. The van der Waals surface area contributed by atoms with Crippen LogP contribution in [0.1, 0.15) is 21.5 Å². The second kappa shape index (κ2) is 4.94. The Morgan fingerprint density at radius 2 is 1.83 bits per heavy atom. The lowest BCUT2D eigenvalue weighted by molar-refractivity contribution is 0.0697. The van der Waals surface area contributed by atoms with Gasteiger partial charge in [0, 0.05) is 4.47 Å². The molecule has 0 aliphatic rings. The molecule has 2 aromatic carbocycles. The Labute approximate surface area is 114 Å². The standard InChI is InChI=1S/C15H13BrO2/c1-9-4-3-5-12(10(9)2)13-7-6-11(16)8-14(13)15(17)18/h3-8H,1-2H3,(H,17,18). The van der Waals surface area contributed by atoms with E-state index in [2.05, 4.69) is 15.9 Å². The molecule has 0 amide bonds. The Kier molecular flexibility index (Phi) is 3.53. The van der Waals surface area contributed by atoms with Gasteiger partial charge < -0.3 is 5.11 Å². The first-order chi connectivity index (χ1) is 8.50. The number of rotatable bonds is 2. The molecular weight excluding hydrogens is 292 g/mol. The first-order valence-corrected chi connectivity index (χ1v) is 6.39. The maximum atomic E-state index is 11.3. The number of benzene rings is 2. The Morgan fingerprint density at radius 1 is 1.11 bits per heavy atom. The quantitative estimate of drug-likeness (QED) is 0.891. The molecule has 0 saturated carbocycles. The van der Waals surface area contributed by atoms with Gasteiger partial charge in [0.25, 0.3) is 0 Å². The molecule has 0 radical (unpaired) electrons. The zero-order valence-electron chi connectivity index (χ0n) is 10.2. The monoisotopic (exact) mass is 304 g/mol. The molecule has 18 heavy (non-hydrogen) atoms. The van der Waals surface area contributed by atoms with E-state index >= 15 is 0 Å². The molecular formula is C15H13BrO2. The third kappa shape index (κ3) is 2.31. The summed E-state index contributed by atoms with van der Waals surface area (Å²) in [5.41, 5.74) is 4.32. The average Bonchev–Trinajstić information content (AvgIpc) is 2.33. The summed E-state index contributed by atoms with van der Waals surface area (Å²) in [6.07, 6.45) is 0. The molecule has 2 aromatic rings. The average molecular weight is 305 g/mol. The van der Waals surface area contributed by atoms with Crippen molar-refractivity contribution in [2.75, 3.05) is 0 Å². The van der Waals surface area contributed by atoms with Gasteiger partial charge in [0.1, 0.15) is 0 Å². The molecule has 0 unspecified atom stereocenters. The van der Waals surface area contributed by atoms with Crippen LogP contribution >= 0.6 is 15.9 Å². The fraction of sp³-hybridized carbons (Fsp3) is 0.133. The van der Waals surface area contributed by atoms with Gasteiger partial charge in [-0.2, -0.15) is 0 Å². The fourth-order valence-electron chi connectivity index (χ4n) is 1.97. The van der Waals surface area contributed by atoms with Crippen LogP contribution in [-0.4, -0.2) is 11.1 Å². The molecule has 2 nitrogen and oxygen atoms in total. The van der Waals surface area contributed by atoms with Crippen LogP contribution in [0.2, 0.25) is 0 Å². The van der Waals surface area contributed by atoms with Gasteiger partial charge in [0.2, 0.25) is 0 Å². The van der Waals surface area contributed by atoms with Crippen molar-refractivity contribution in [2.24, 2.45) is 0 Å². The molecule has 0 bridgehead atoms. The number of carbonyl (C=O) groups is 1. The van der Waals surface area contributed by atoms with E-state index in [0.717, 1.165) is 26.7 Å². The molecule has 0 spiro atoms.